The molecule has 0 saturated heterocycles. The van der Waals surface area contributed by atoms with Crippen LogP contribution in [0.1, 0.15) is 18.7 Å². The Balaban J connectivity index is 1.98. The van der Waals surface area contributed by atoms with E-state index in [2.05, 4.69) is 10.4 Å². The van der Waals surface area contributed by atoms with E-state index in [-0.39, 0.29) is 11.5 Å². The number of carbonyl (C=O) groups is 1. The molecular formula is C18H17N3O2. The van der Waals surface area contributed by atoms with Gasteiger partial charge in [0.2, 0.25) is 5.91 Å². The molecule has 0 aliphatic heterocycles. The van der Waals surface area contributed by atoms with E-state index in [1.165, 1.54) is 4.68 Å². The third-order valence-corrected chi connectivity index (χ3v) is 3.80. The summed E-state index contributed by atoms with van der Waals surface area (Å²) in [5.41, 5.74) is 1.15. The van der Waals surface area contributed by atoms with E-state index >= 15 is 0 Å². The number of aryl methyl sites for hydroxylation is 1. The van der Waals surface area contributed by atoms with Crippen LogP contribution in [0.3, 0.4) is 0 Å². The fourth-order valence-corrected chi connectivity index (χ4v) is 2.51. The first-order chi connectivity index (χ1) is 11.1. The van der Waals surface area contributed by atoms with Crippen LogP contribution in [0, 0.1) is 6.92 Å². The molecule has 1 heterocycles. The van der Waals surface area contributed by atoms with E-state index < -0.39 is 6.04 Å². The first kappa shape index (κ1) is 15.0. The van der Waals surface area contributed by atoms with Gasteiger partial charge < -0.3 is 5.32 Å². The van der Waals surface area contributed by atoms with Crippen molar-refractivity contribution in [3.05, 3.63) is 70.6 Å². The van der Waals surface area contributed by atoms with Gasteiger partial charge in [-0.3, -0.25) is 9.59 Å². The van der Waals surface area contributed by atoms with Crippen molar-refractivity contribution in [2.24, 2.45) is 0 Å². The summed E-state index contributed by atoms with van der Waals surface area (Å²) in [6, 6.07) is 15.7. The highest BCUT2D eigenvalue weighted by Gasteiger charge is 2.19. The molecule has 0 bridgehead atoms. The van der Waals surface area contributed by atoms with Crippen LogP contribution in [-0.2, 0) is 4.79 Å². The molecular weight excluding hydrogens is 290 g/mol. The summed E-state index contributed by atoms with van der Waals surface area (Å²) in [5.74, 6) is -0.277. The predicted octanol–water partition coefficient (Wildman–Crippen LogP) is 2.90. The molecule has 0 spiro atoms. The number of nitrogens with zero attached hydrogens (tertiary/aromatic N) is 2. The van der Waals surface area contributed by atoms with Crippen molar-refractivity contribution in [1.29, 1.82) is 0 Å². The average molecular weight is 307 g/mol. The summed E-state index contributed by atoms with van der Waals surface area (Å²) in [5, 5.41) is 8.48. The van der Waals surface area contributed by atoms with Crippen molar-refractivity contribution < 1.29 is 4.79 Å². The molecule has 0 radical (unpaired) electrons. The van der Waals surface area contributed by atoms with Gasteiger partial charge in [-0.05, 0) is 32.0 Å². The molecule has 1 amide bonds. The standard InChI is InChI=1S/C18H17N3O2/c1-12-15-10-6-7-11-16(15)18(23)21(20-12)13(2)17(22)19-14-8-4-3-5-9-14/h3-11,13H,1-2H3,(H,19,22). The number of para-hydroxylation sites is 1. The van der Waals surface area contributed by atoms with Crippen molar-refractivity contribution in [3.63, 3.8) is 0 Å². The fraction of sp³-hybridized carbons (Fsp3) is 0.167. The van der Waals surface area contributed by atoms with Gasteiger partial charge in [0, 0.05) is 11.1 Å². The second kappa shape index (κ2) is 6.04. The van der Waals surface area contributed by atoms with Crippen molar-refractivity contribution in [3.8, 4) is 0 Å². The van der Waals surface area contributed by atoms with Gasteiger partial charge in [-0.1, -0.05) is 36.4 Å². The molecule has 1 atom stereocenters. The van der Waals surface area contributed by atoms with Gasteiger partial charge in [-0.15, -0.1) is 0 Å². The van der Waals surface area contributed by atoms with Gasteiger partial charge in [0.25, 0.3) is 5.56 Å². The molecule has 3 rings (SSSR count). The van der Waals surface area contributed by atoms with Crippen LogP contribution in [0.5, 0.6) is 0 Å². The minimum Gasteiger partial charge on any atom is -0.324 e. The Labute approximate surface area is 133 Å². The van der Waals surface area contributed by atoms with Crippen molar-refractivity contribution in [2.45, 2.75) is 19.9 Å². The number of hydrogen-bond donors (Lipinski definition) is 1. The topological polar surface area (TPSA) is 64.0 Å². The van der Waals surface area contributed by atoms with Crippen LogP contribution in [-0.4, -0.2) is 15.7 Å². The van der Waals surface area contributed by atoms with Gasteiger partial charge >= 0.3 is 0 Å². The second-order valence-corrected chi connectivity index (χ2v) is 5.41. The average Bonchev–Trinajstić information content (AvgIpc) is 2.58. The molecule has 0 aliphatic rings. The molecule has 1 aromatic heterocycles. The van der Waals surface area contributed by atoms with E-state index in [1.54, 1.807) is 25.1 Å². The maximum Gasteiger partial charge on any atom is 0.275 e. The maximum atomic E-state index is 12.6. The molecule has 1 N–H and O–H groups in total. The first-order valence-corrected chi connectivity index (χ1v) is 7.42. The Kier molecular flexibility index (Phi) is 3.93. The highest BCUT2D eigenvalue weighted by atomic mass is 16.2. The summed E-state index contributed by atoms with van der Waals surface area (Å²) in [6.07, 6.45) is 0. The zero-order chi connectivity index (χ0) is 16.4. The number of benzene rings is 2. The molecule has 116 valence electrons. The molecule has 0 saturated carbocycles. The number of anilines is 1. The minimum atomic E-state index is -0.703. The van der Waals surface area contributed by atoms with E-state index in [4.69, 9.17) is 0 Å². The van der Waals surface area contributed by atoms with Crippen molar-refractivity contribution >= 4 is 22.4 Å². The Morgan fingerprint density at radius 1 is 1.04 bits per heavy atom. The number of aromatic nitrogens is 2. The van der Waals surface area contributed by atoms with Gasteiger partial charge in [0.05, 0.1) is 11.1 Å². The molecule has 2 aromatic carbocycles. The number of hydrogen-bond acceptors (Lipinski definition) is 3. The molecule has 0 aliphatic carbocycles. The zero-order valence-electron chi connectivity index (χ0n) is 13.0. The second-order valence-electron chi connectivity index (χ2n) is 5.41. The first-order valence-electron chi connectivity index (χ1n) is 7.42. The third kappa shape index (κ3) is 2.85. The summed E-state index contributed by atoms with van der Waals surface area (Å²) < 4.78 is 1.25. The number of rotatable bonds is 3. The SMILES string of the molecule is Cc1nn(C(C)C(=O)Nc2ccccc2)c(=O)c2ccccc12. The predicted molar refractivity (Wildman–Crippen MR) is 90.5 cm³/mol. The fourth-order valence-electron chi connectivity index (χ4n) is 2.51. The van der Waals surface area contributed by atoms with Crippen LogP contribution in [0.15, 0.2) is 59.4 Å². The summed E-state index contributed by atoms with van der Waals surface area (Å²) in [4.78, 5) is 25.0. The molecule has 0 fully saturated rings. The van der Waals surface area contributed by atoms with E-state index in [1.807, 2.05) is 43.3 Å². The summed E-state index contributed by atoms with van der Waals surface area (Å²) >= 11 is 0. The third-order valence-electron chi connectivity index (χ3n) is 3.80. The molecule has 5 nitrogen and oxygen atoms in total. The molecule has 5 heteroatoms. The Morgan fingerprint density at radius 2 is 1.65 bits per heavy atom. The van der Waals surface area contributed by atoms with Crippen molar-refractivity contribution in [1.82, 2.24) is 9.78 Å². The Bertz CT molecular complexity index is 916. The highest BCUT2D eigenvalue weighted by Crippen LogP contribution is 2.15. The Morgan fingerprint density at radius 3 is 2.35 bits per heavy atom. The van der Waals surface area contributed by atoms with Crippen LogP contribution in [0.25, 0.3) is 10.8 Å². The summed E-state index contributed by atoms with van der Waals surface area (Å²) in [6.45, 7) is 3.50. The van der Waals surface area contributed by atoms with Gasteiger partial charge in [0.15, 0.2) is 0 Å². The van der Waals surface area contributed by atoms with Gasteiger partial charge in [0.1, 0.15) is 6.04 Å². The van der Waals surface area contributed by atoms with Crippen molar-refractivity contribution in [2.75, 3.05) is 5.32 Å². The minimum absolute atomic E-state index is 0.262. The smallest absolute Gasteiger partial charge is 0.275 e. The molecule has 3 aromatic rings. The largest absolute Gasteiger partial charge is 0.324 e. The van der Waals surface area contributed by atoms with Gasteiger partial charge in [-0.25, -0.2) is 4.68 Å². The van der Waals surface area contributed by atoms with E-state index in [0.717, 1.165) is 11.1 Å². The summed E-state index contributed by atoms with van der Waals surface area (Å²) in [7, 11) is 0. The lowest BCUT2D eigenvalue weighted by molar-refractivity contribution is -0.119. The number of fused-ring (bicyclic) bond motifs is 1. The lowest BCUT2D eigenvalue weighted by atomic mass is 10.1. The zero-order valence-corrected chi connectivity index (χ0v) is 13.0. The normalized spacial score (nSPS) is 12.1. The van der Waals surface area contributed by atoms with Crippen LogP contribution in [0.4, 0.5) is 5.69 Å². The lowest BCUT2D eigenvalue weighted by Crippen LogP contribution is -2.34. The Hall–Kier alpha value is -2.95. The monoisotopic (exact) mass is 307 g/mol. The van der Waals surface area contributed by atoms with Crippen LogP contribution >= 0.6 is 0 Å². The number of nitrogens with one attached hydrogen (secondary N) is 1. The highest BCUT2D eigenvalue weighted by molar-refractivity contribution is 5.93. The lowest BCUT2D eigenvalue weighted by Gasteiger charge is -2.15. The number of amides is 1. The van der Waals surface area contributed by atoms with Gasteiger partial charge in [-0.2, -0.15) is 5.10 Å². The van der Waals surface area contributed by atoms with E-state index in [0.29, 0.717) is 11.1 Å². The quantitative estimate of drug-likeness (QED) is 0.809. The van der Waals surface area contributed by atoms with E-state index in [9.17, 15) is 9.59 Å². The molecule has 1 unspecified atom stereocenters. The maximum absolute atomic E-state index is 12.6. The number of carbonyl (C=O) groups excluding carboxylic acids is 1. The van der Waals surface area contributed by atoms with Crippen LogP contribution in [0.2, 0.25) is 0 Å². The molecule has 23 heavy (non-hydrogen) atoms. The van der Waals surface area contributed by atoms with Crippen LogP contribution < -0.4 is 10.9 Å².